The lowest BCUT2D eigenvalue weighted by atomic mass is 10.1. The van der Waals surface area contributed by atoms with Crippen LogP contribution in [0, 0.1) is 5.82 Å². The Kier molecular flexibility index (Phi) is 10.6. The molecule has 0 radical (unpaired) electrons. The Balaban J connectivity index is 1.38. The first-order chi connectivity index (χ1) is 21.6. The van der Waals surface area contributed by atoms with Gasteiger partial charge in [0.15, 0.2) is 0 Å². The van der Waals surface area contributed by atoms with Crippen molar-refractivity contribution in [1.29, 1.82) is 0 Å². The summed E-state index contributed by atoms with van der Waals surface area (Å²) in [6.07, 6.45) is 4.52. The topological polar surface area (TPSA) is 123 Å². The number of likely N-dealkylation sites (tertiary alicyclic amines) is 2. The molecule has 12 nitrogen and oxygen atoms in total. The van der Waals surface area contributed by atoms with Crippen LogP contribution in [0.5, 0.6) is 5.75 Å². The molecule has 45 heavy (non-hydrogen) atoms. The van der Waals surface area contributed by atoms with Crippen LogP contribution in [0.2, 0.25) is 0 Å². The van der Waals surface area contributed by atoms with E-state index in [0.717, 1.165) is 44.8 Å². The van der Waals surface area contributed by atoms with Crippen molar-refractivity contribution in [3.05, 3.63) is 29.6 Å². The molecular formula is C32H45FN6O6. The van der Waals surface area contributed by atoms with Crippen molar-refractivity contribution in [3.8, 4) is 5.75 Å². The molecule has 0 saturated carbocycles. The third kappa shape index (κ3) is 7.92. The highest BCUT2D eigenvalue weighted by molar-refractivity contribution is 5.99. The second kappa shape index (κ2) is 14.6. The smallest absolute Gasteiger partial charge is 0.258 e. The van der Waals surface area contributed by atoms with Crippen molar-refractivity contribution in [2.24, 2.45) is 0 Å². The summed E-state index contributed by atoms with van der Waals surface area (Å²) in [6.45, 7) is 3.78. The number of halogens is 1. The van der Waals surface area contributed by atoms with Gasteiger partial charge in [0, 0.05) is 59.2 Å². The number of ether oxygens (including phenoxy) is 1. The van der Waals surface area contributed by atoms with Gasteiger partial charge in [0.1, 0.15) is 24.2 Å². The van der Waals surface area contributed by atoms with Gasteiger partial charge in [-0.1, -0.05) is 0 Å². The average molecular weight is 629 g/mol. The van der Waals surface area contributed by atoms with Crippen molar-refractivity contribution >= 4 is 29.5 Å². The molecule has 1 aromatic carbocycles. The zero-order chi connectivity index (χ0) is 32.1. The molecule has 1 N–H and O–H groups in total. The summed E-state index contributed by atoms with van der Waals surface area (Å²) in [6, 6.07) is 2.05. The van der Waals surface area contributed by atoms with Crippen LogP contribution in [0.4, 0.5) is 4.39 Å². The molecule has 0 aromatic heterocycles. The van der Waals surface area contributed by atoms with Crippen LogP contribution < -0.4 is 10.1 Å². The van der Waals surface area contributed by atoms with Crippen molar-refractivity contribution in [3.63, 3.8) is 0 Å². The molecule has 5 rings (SSSR count). The fourth-order valence-corrected chi connectivity index (χ4v) is 6.83. The van der Waals surface area contributed by atoms with Gasteiger partial charge in [0.25, 0.3) is 5.91 Å². The number of amides is 5. The number of carbonyl (C=O) groups is 5. The molecule has 0 bridgehead atoms. The van der Waals surface area contributed by atoms with E-state index in [1.165, 1.54) is 29.0 Å². The molecule has 4 heterocycles. The number of fused-ring (bicyclic) bond motifs is 2. The molecule has 3 fully saturated rings. The van der Waals surface area contributed by atoms with E-state index >= 15 is 0 Å². The SMILES string of the molecule is CN1CCC(=O)N2C[C@H](NC(=O)CN3CCCC3)C[C@H]2COc2ccc(F)cc2C(=O)N(C)[C@H](C(=O)N2CCCC2)CCC1=O. The van der Waals surface area contributed by atoms with Crippen LogP contribution in [0.25, 0.3) is 0 Å². The fourth-order valence-electron chi connectivity index (χ4n) is 6.83. The quantitative estimate of drug-likeness (QED) is 0.530. The maximum absolute atomic E-state index is 14.5. The lowest BCUT2D eigenvalue weighted by Crippen LogP contribution is -2.49. The van der Waals surface area contributed by atoms with Crippen molar-refractivity contribution < 1.29 is 33.1 Å². The fraction of sp³-hybridized carbons (Fsp3) is 0.656. The molecule has 246 valence electrons. The number of hydrogen-bond acceptors (Lipinski definition) is 7. The Labute approximate surface area is 263 Å². The molecule has 1 aromatic rings. The predicted octanol–water partition coefficient (Wildman–Crippen LogP) is 1.09. The Morgan fingerprint density at radius 1 is 0.956 bits per heavy atom. The second-order valence-corrected chi connectivity index (χ2v) is 12.7. The third-order valence-corrected chi connectivity index (χ3v) is 9.48. The van der Waals surface area contributed by atoms with E-state index in [4.69, 9.17) is 4.74 Å². The lowest BCUT2D eigenvalue weighted by molar-refractivity contribution is -0.136. The van der Waals surface area contributed by atoms with Crippen molar-refractivity contribution in [2.45, 2.75) is 69.5 Å². The van der Waals surface area contributed by atoms with Crippen LogP contribution in [0.1, 0.15) is 61.7 Å². The van der Waals surface area contributed by atoms with E-state index in [2.05, 4.69) is 10.2 Å². The summed E-state index contributed by atoms with van der Waals surface area (Å²) in [5.41, 5.74) is -0.0430. The van der Waals surface area contributed by atoms with E-state index in [1.807, 2.05) is 0 Å². The third-order valence-electron chi connectivity index (χ3n) is 9.48. The Morgan fingerprint density at radius 2 is 1.67 bits per heavy atom. The summed E-state index contributed by atoms with van der Waals surface area (Å²) in [7, 11) is 3.12. The van der Waals surface area contributed by atoms with Gasteiger partial charge in [-0.15, -0.1) is 0 Å². The molecule has 4 aliphatic rings. The van der Waals surface area contributed by atoms with Gasteiger partial charge in [-0.3, -0.25) is 28.9 Å². The summed E-state index contributed by atoms with van der Waals surface area (Å²) in [5, 5.41) is 3.07. The zero-order valence-corrected chi connectivity index (χ0v) is 26.3. The number of rotatable bonds is 4. The van der Waals surface area contributed by atoms with Gasteiger partial charge in [-0.05, 0) is 69.8 Å². The number of likely N-dealkylation sites (N-methyl/N-ethyl adjacent to an activating group) is 1. The minimum absolute atomic E-state index is 0.00344. The van der Waals surface area contributed by atoms with Crippen molar-refractivity contribution in [2.75, 3.05) is 66.5 Å². The Morgan fingerprint density at radius 3 is 2.40 bits per heavy atom. The normalized spacial score (nSPS) is 25.8. The second-order valence-electron chi connectivity index (χ2n) is 12.7. The van der Waals surface area contributed by atoms with Gasteiger partial charge in [0.2, 0.25) is 23.6 Å². The van der Waals surface area contributed by atoms with Crippen molar-refractivity contribution in [1.82, 2.24) is 29.8 Å². The van der Waals surface area contributed by atoms with Gasteiger partial charge < -0.3 is 29.7 Å². The lowest BCUT2D eigenvalue weighted by Gasteiger charge is -2.32. The van der Waals surface area contributed by atoms with Gasteiger partial charge in [0.05, 0.1) is 18.2 Å². The first kappa shape index (κ1) is 32.6. The molecule has 3 atom stereocenters. The van der Waals surface area contributed by atoms with Crippen LogP contribution in [-0.4, -0.2) is 139 Å². The Bertz CT molecular complexity index is 1280. The van der Waals surface area contributed by atoms with E-state index in [1.54, 1.807) is 16.8 Å². The van der Waals surface area contributed by atoms with E-state index < -0.39 is 23.8 Å². The van der Waals surface area contributed by atoms with E-state index in [-0.39, 0.29) is 73.4 Å². The summed E-state index contributed by atoms with van der Waals surface area (Å²) < 4.78 is 20.6. The van der Waals surface area contributed by atoms with Crippen LogP contribution in [0.3, 0.4) is 0 Å². The number of carbonyl (C=O) groups excluding carboxylic acids is 5. The predicted molar refractivity (Wildman–Crippen MR) is 163 cm³/mol. The summed E-state index contributed by atoms with van der Waals surface area (Å²) in [5.74, 6) is -1.84. The number of nitrogens with one attached hydrogen (secondary N) is 1. The van der Waals surface area contributed by atoms with E-state index in [9.17, 15) is 28.4 Å². The minimum atomic E-state index is -0.922. The van der Waals surface area contributed by atoms with E-state index in [0.29, 0.717) is 32.6 Å². The molecule has 5 amide bonds. The van der Waals surface area contributed by atoms with Crippen LogP contribution in [0.15, 0.2) is 18.2 Å². The molecule has 0 unspecified atom stereocenters. The number of benzene rings is 1. The summed E-state index contributed by atoms with van der Waals surface area (Å²) >= 11 is 0. The van der Waals surface area contributed by atoms with Gasteiger partial charge >= 0.3 is 0 Å². The standard InChI is InChI=1S/C32H45FN6O6/c1-35-16-11-30(42)39-19-23(34-28(40)20-37-12-3-4-13-37)18-24(39)21-45-27-9-7-22(33)17-25(27)31(43)36(2)26(8-10-29(35)41)32(44)38-14-5-6-15-38/h7,9,17,23-24,26H,3-6,8,10-16,18-21H2,1-2H3,(H,34,40)/t23-,24+,26+/m1/s1. The minimum Gasteiger partial charge on any atom is -0.491 e. The Hall–Kier alpha value is -3.74. The number of hydrogen-bond donors (Lipinski definition) is 1. The highest BCUT2D eigenvalue weighted by Crippen LogP contribution is 2.27. The maximum Gasteiger partial charge on any atom is 0.258 e. The zero-order valence-electron chi connectivity index (χ0n) is 26.3. The molecular weight excluding hydrogens is 583 g/mol. The molecule has 0 spiro atoms. The highest BCUT2D eigenvalue weighted by Gasteiger charge is 2.38. The van der Waals surface area contributed by atoms with Gasteiger partial charge in [-0.2, -0.15) is 0 Å². The molecule has 13 heteroatoms. The number of nitrogens with zero attached hydrogens (tertiary/aromatic N) is 5. The van der Waals surface area contributed by atoms with Crippen LogP contribution >= 0.6 is 0 Å². The van der Waals surface area contributed by atoms with Crippen LogP contribution in [-0.2, 0) is 19.2 Å². The molecule has 4 aliphatic heterocycles. The highest BCUT2D eigenvalue weighted by atomic mass is 19.1. The van der Waals surface area contributed by atoms with Gasteiger partial charge in [-0.25, -0.2) is 4.39 Å². The molecule has 3 saturated heterocycles. The maximum atomic E-state index is 14.5. The first-order valence-electron chi connectivity index (χ1n) is 16.1. The first-order valence-corrected chi connectivity index (χ1v) is 16.1. The molecule has 0 aliphatic carbocycles. The summed E-state index contributed by atoms with van der Waals surface area (Å²) in [4.78, 5) is 75.1. The largest absolute Gasteiger partial charge is 0.491 e. The average Bonchev–Trinajstić information content (AvgIpc) is 3.81. The monoisotopic (exact) mass is 628 g/mol.